The molecule has 37 heavy (non-hydrogen) atoms. The molecular weight excluding hydrogens is 583 g/mol. The van der Waals surface area contributed by atoms with Crippen molar-refractivity contribution in [2.75, 3.05) is 11.5 Å². The molecule has 0 radical (unpaired) electrons. The Hall–Kier alpha value is -3.33. The maximum atomic E-state index is 13.3. The monoisotopic (exact) mass is 602 g/mol. The molecule has 0 unspecified atom stereocenters. The number of halogens is 3. The average molecular weight is 604 g/mol. The summed E-state index contributed by atoms with van der Waals surface area (Å²) < 4.78 is 12.3. The van der Waals surface area contributed by atoms with Gasteiger partial charge >= 0.3 is 6.03 Å². The fourth-order valence-corrected chi connectivity index (χ4v) is 4.60. The normalized spacial score (nSPS) is 14.7. The highest BCUT2D eigenvalue weighted by atomic mass is 79.9. The van der Waals surface area contributed by atoms with E-state index in [1.165, 1.54) is 12.1 Å². The number of nitrogens with one attached hydrogen (secondary N) is 1. The molecule has 0 atom stereocenters. The maximum absolute atomic E-state index is 13.3. The number of carbonyl (C=O) groups excluding carboxylic acids is 3. The lowest BCUT2D eigenvalue weighted by atomic mass is 10.1. The van der Waals surface area contributed by atoms with Gasteiger partial charge in [0.05, 0.1) is 16.8 Å². The Morgan fingerprint density at radius 3 is 2.51 bits per heavy atom. The summed E-state index contributed by atoms with van der Waals surface area (Å²) in [7, 11) is 0. The van der Waals surface area contributed by atoms with E-state index in [2.05, 4.69) is 21.2 Å². The summed E-state index contributed by atoms with van der Waals surface area (Å²) in [6.45, 7) is 4.23. The topological polar surface area (TPSA) is 84.9 Å². The summed E-state index contributed by atoms with van der Waals surface area (Å²) in [5.41, 5.74) is 2.17. The van der Waals surface area contributed by atoms with Gasteiger partial charge in [-0.15, -0.1) is 0 Å². The van der Waals surface area contributed by atoms with Crippen molar-refractivity contribution in [2.45, 2.75) is 20.5 Å². The Labute approximate surface area is 232 Å². The van der Waals surface area contributed by atoms with Gasteiger partial charge in [-0.05, 0) is 88.9 Å². The number of imide groups is 2. The Balaban J connectivity index is 1.67. The van der Waals surface area contributed by atoms with Crippen molar-refractivity contribution < 1.29 is 23.9 Å². The third-order valence-corrected chi connectivity index (χ3v) is 6.66. The third-order valence-electron chi connectivity index (χ3n) is 5.43. The first-order valence-corrected chi connectivity index (χ1v) is 12.7. The van der Waals surface area contributed by atoms with E-state index in [9.17, 15) is 14.4 Å². The van der Waals surface area contributed by atoms with Crippen LogP contribution in [0.4, 0.5) is 10.5 Å². The van der Waals surface area contributed by atoms with E-state index in [-0.39, 0.29) is 17.9 Å². The van der Waals surface area contributed by atoms with Gasteiger partial charge in [0, 0.05) is 10.0 Å². The zero-order valence-corrected chi connectivity index (χ0v) is 22.9. The second kappa shape index (κ2) is 11.4. The van der Waals surface area contributed by atoms with E-state index in [1.807, 2.05) is 19.1 Å². The van der Waals surface area contributed by atoms with E-state index in [1.54, 1.807) is 43.3 Å². The molecule has 1 fully saturated rings. The molecule has 1 N–H and O–H groups in total. The molecule has 0 spiro atoms. The second-order valence-corrected chi connectivity index (χ2v) is 9.77. The van der Waals surface area contributed by atoms with Crippen molar-refractivity contribution in [2.24, 2.45) is 0 Å². The SMILES string of the molecule is CCOc1cc(/C=C2\C(=O)NC(=O)N(c3ccc(C)c(Cl)c3)C2=O)cc(Br)c1OCc1cccc(Cl)c1. The fraction of sp³-hybridized carbons (Fsp3) is 0.148. The molecule has 0 aliphatic carbocycles. The number of carbonyl (C=O) groups is 3. The summed E-state index contributed by atoms with van der Waals surface area (Å²) in [5.74, 6) is -0.717. The van der Waals surface area contributed by atoms with Crippen molar-refractivity contribution in [3.8, 4) is 11.5 Å². The third kappa shape index (κ3) is 5.98. The van der Waals surface area contributed by atoms with Crippen LogP contribution < -0.4 is 19.7 Å². The molecular formula is C27H21BrCl2N2O5. The highest BCUT2D eigenvalue weighted by Gasteiger charge is 2.37. The van der Waals surface area contributed by atoms with Crippen LogP contribution in [0.2, 0.25) is 10.0 Å². The summed E-state index contributed by atoms with van der Waals surface area (Å²) in [6.07, 6.45) is 1.39. The predicted molar refractivity (Wildman–Crippen MR) is 146 cm³/mol. The summed E-state index contributed by atoms with van der Waals surface area (Å²) in [5, 5.41) is 3.20. The molecule has 0 aromatic heterocycles. The number of anilines is 1. The zero-order valence-electron chi connectivity index (χ0n) is 19.8. The molecule has 10 heteroatoms. The van der Waals surface area contributed by atoms with Crippen LogP contribution in [0.15, 0.2) is 64.6 Å². The van der Waals surface area contributed by atoms with E-state index >= 15 is 0 Å². The van der Waals surface area contributed by atoms with Gasteiger partial charge in [-0.2, -0.15) is 0 Å². The molecule has 1 aliphatic heterocycles. The van der Waals surface area contributed by atoms with Crippen LogP contribution in [0, 0.1) is 6.92 Å². The molecule has 3 aromatic carbocycles. The van der Waals surface area contributed by atoms with Crippen molar-refractivity contribution in [3.05, 3.63) is 91.4 Å². The van der Waals surface area contributed by atoms with Crippen molar-refractivity contribution in [1.82, 2.24) is 5.32 Å². The summed E-state index contributed by atoms with van der Waals surface area (Å²) in [6, 6.07) is 14.6. The average Bonchev–Trinajstić information content (AvgIpc) is 2.83. The minimum Gasteiger partial charge on any atom is -0.490 e. The van der Waals surface area contributed by atoms with E-state index in [4.69, 9.17) is 32.7 Å². The predicted octanol–water partition coefficient (Wildman–Crippen LogP) is 6.71. The maximum Gasteiger partial charge on any atom is 0.335 e. The first-order valence-electron chi connectivity index (χ1n) is 11.2. The number of rotatable bonds is 7. The molecule has 0 bridgehead atoms. The molecule has 4 amide bonds. The van der Waals surface area contributed by atoms with Crippen LogP contribution in [0.25, 0.3) is 6.08 Å². The Kier molecular flexibility index (Phi) is 8.22. The van der Waals surface area contributed by atoms with Crippen molar-refractivity contribution in [1.29, 1.82) is 0 Å². The standard InChI is InChI=1S/C27H21BrCl2N2O5/c1-3-36-23-12-17(11-21(28)24(23)37-14-16-5-4-6-18(29)9-16)10-20-25(33)31-27(35)32(26(20)34)19-8-7-15(2)22(30)13-19/h4-13H,3,14H2,1-2H3,(H,31,33,35)/b20-10+. The first kappa shape index (κ1) is 26.7. The lowest BCUT2D eigenvalue weighted by Gasteiger charge is -2.26. The smallest absolute Gasteiger partial charge is 0.335 e. The number of nitrogens with zero attached hydrogens (tertiary/aromatic N) is 1. The minimum absolute atomic E-state index is 0.224. The van der Waals surface area contributed by atoms with Crippen molar-refractivity contribution in [3.63, 3.8) is 0 Å². The number of urea groups is 1. The van der Waals surface area contributed by atoms with Crippen LogP contribution >= 0.6 is 39.1 Å². The van der Waals surface area contributed by atoms with E-state index < -0.39 is 17.8 Å². The molecule has 1 heterocycles. The first-order chi connectivity index (χ1) is 17.7. The van der Waals surface area contributed by atoms with Gasteiger partial charge in [0.1, 0.15) is 12.2 Å². The number of benzene rings is 3. The number of amides is 4. The van der Waals surface area contributed by atoms with Gasteiger partial charge in [0.15, 0.2) is 11.5 Å². The van der Waals surface area contributed by atoms with Gasteiger partial charge in [0.25, 0.3) is 11.8 Å². The number of aryl methyl sites for hydroxylation is 1. The van der Waals surface area contributed by atoms with Crippen LogP contribution in [0.5, 0.6) is 11.5 Å². The minimum atomic E-state index is -0.854. The van der Waals surface area contributed by atoms with Gasteiger partial charge in [-0.1, -0.05) is 41.4 Å². The lowest BCUT2D eigenvalue weighted by molar-refractivity contribution is -0.122. The molecule has 1 aliphatic rings. The van der Waals surface area contributed by atoms with Gasteiger partial charge in [0.2, 0.25) is 0 Å². The molecule has 0 saturated carbocycles. The lowest BCUT2D eigenvalue weighted by Crippen LogP contribution is -2.54. The fourth-order valence-electron chi connectivity index (χ4n) is 3.64. The van der Waals surface area contributed by atoms with Gasteiger partial charge in [-0.3, -0.25) is 14.9 Å². The Morgan fingerprint density at radius 1 is 1.03 bits per heavy atom. The number of hydrogen-bond acceptors (Lipinski definition) is 5. The number of ether oxygens (including phenoxy) is 2. The Morgan fingerprint density at radius 2 is 1.81 bits per heavy atom. The molecule has 7 nitrogen and oxygen atoms in total. The largest absolute Gasteiger partial charge is 0.490 e. The van der Waals surface area contributed by atoms with E-state index in [0.29, 0.717) is 38.2 Å². The van der Waals surface area contributed by atoms with Crippen LogP contribution in [0.3, 0.4) is 0 Å². The number of hydrogen-bond donors (Lipinski definition) is 1. The summed E-state index contributed by atoms with van der Waals surface area (Å²) in [4.78, 5) is 39.2. The van der Waals surface area contributed by atoms with Gasteiger partial charge < -0.3 is 9.47 Å². The number of barbiturate groups is 1. The molecule has 190 valence electrons. The highest BCUT2D eigenvalue weighted by molar-refractivity contribution is 9.10. The highest BCUT2D eigenvalue weighted by Crippen LogP contribution is 2.38. The Bertz CT molecular complexity index is 1440. The van der Waals surface area contributed by atoms with Crippen molar-refractivity contribution >= 4 is 68.7 Å². The summed E-state index contributed by atoms with van der Waals surface area (Å²) >= 11 is 15.7. The molecule has 4 rings (SSSR count). The van der Waals surface area contributed by atoms with E-state index in [0.717, 1.165) is 16.0 Å². The van der Waals surface area contributed by atoms with Crippen LogP contribution in [0.1, 0.15) is 23.6 Å². The molecule has 3 aromatic rings. The zero-order chi connectivity index (χ0) is 26.7. The van der Waals surface area contributed by atoms with Gasteiger partial charge in [-0.25, -0.2) is 9.69 Å². The second-order valence-electron chi connectivity index (χ2n) is 8.07. The molecule has 1 saturated heterocycles. The quantitative estimate of drug-likeness (QED) is 0.240. The van der Waals surface area contributed by atoms with Crippen LogP contribution in [-0.4, -0.2) is 24.5 Å². The van der Waals surface area contributed by atoms with Crippen LogP contribution in [-0.2, 0) is 16.2 Å².